The summed E-state index contributed by atoms with van der Waals surface area (Å²) in [5, 5.41) is 0. The van der Waals surface area contributed by atoms with Crippen LogP contribution in [0.15, 0.2) is 12.1 Å². The smallest absolute Gasteiger partial charge is 0.213 e. The molecule has 1 rings (SSSR count). The molecule has 0 amide bonds. The fraction of sp³-hybridized carbons (Fsp3) is 0.643. The standard InChI is InChI=1S/C14H22ClNO/c1-4-5-13-8-12(10-15)9-14(16-13)17-7-6-11(2)3/h8-9,11H,4-7,10H2,1-3H3. The Morgan fingerprint density at radius 3 is 2.71 bits per heavy atom. The summed E-state index contributed by atoms with van der Waals surface area (Å²) in [7, 11) is 0. The molecule has 0 N–H and O–H groups in total. The molecule has 0 aliphatic carbocycles. The topological polar surface area (TPSA) is 22.1 Å². The van der Waals surface area contributed by atoms with Crippen molar-refractivity contribution in [2.24, 2.45) is 5.92 Å². The highest BCUT2D eigenvalue weighted by atomic mass is 35.5. The molecule has 0 saturated heterocycles. The second kappa shape index (κ2) is 7.54. The van der Waals surface area contributed by atoms with Crippen molar-refractivity contribution in [1.82, 2.24) is 4.98 Å². The summed E-state index contributed by atoms with van der Waals surface area (Å²) in [6, 6.07) is 4.00. The van der Waals surface area contributed by atoms with Crippen molar-refractivity contribution in [2.75, 3.05) is 6.61 Å². The van der Waals surface area contributed by atoms with Crippen LogP contribution < -0.4 is 4.74 Å². The predicted octanol–water partition coefficient (Wildman–Crippen LogP) is 4.20. The Hall–Kier alpha value is -0.760. The molecule has 0 fully saturated rings. The fourth-order valence-electron chi connectivity index (χ4n) is 1.55. The van der Waals surface area contributed by atoms with Gasteiger partial charge in [-0.25, -0.2) is 4.98 Å². The summed E-state index contributed by atoms with van der Waals surface area (Å²) >= 11 is 5.87. The molecule has 3 heteroatoms. The first-order chi connectivity index (χ1) is 8.15. The van der Waals surface area contributed by atoms with E-state index in [0.29, 0.717) is 17.7 Å². The number of pyridine rings is 1. The van der Waals surface area contributed by atoms with E-state index in [0.717, 1.165) is 37.1 Å². The van der Waals surface area contributed by atoms with Crippen molar-refractivity contribution in [3.63, 3.8) is 0 Å². The van der Waals surface area contributed by atoms with Crippen LogP contribution in [0.2, 0.25) is 0 Å². The number of rotatable bonds is 7. The van der Waals surface area contributed by atoms with Gasteiger partial charge in [0.2, 0.25) is 5.88 Å². The molecule has 0 saturated carbocycles. The molecule has 0 radical (unpaired) electrons. The van der Waals surface area contributed by atoms with Crippen molar-refractivity contribution >= 4 is 11.6 Å². The molecule has 2 nitrogen and oxygen atoms in total. The zero-order valence-corrected chi connectivity index (χ0v) is 11.8. The van der Waals surface area contributed by atoms with Gasteiger partial charge in [-0.15, -0.1) is 11.6 Å². The van der Waals surface area contributed by atoms with E-state index in [1.54, 1.807) is 0 Å². The third kappa shape index (κ3) is 5.40. The molecule has 0 spiro atoms. The highest BCUT2D eigenvalue weighted by Crippen LogP contribution is 2.16. The number of halogens is 1. The van der Waals surface area contributed by atoms with Crippen LogP contribution in [0, 0.1) is 5.92 Å². The molecule has 0 unspecified atom stereocenters. The van der Waals surface area contributed by atoms with Crippen LogP contribution >= 0.6 is 11.6 Å². The van der Waals surface area contributed by atoms with Gasteiger partial charge < -0.3 is 4.74 Å². The zero-order chi connectivity index (χ0) is 12.7. The van der Waals surface area contributed by atoms with Crippen molar-refractivity contribution in [2.45, 2.75) is 45.9 Å². The van der Waals surface area contributed by atoms with E-state index >= 15 is 0 Å². The second-order valence-corrected chi connectivity index (χ2v) is 4.99. The number of ether oxygens (including phenoxy) is 1. The molecule has 96 valence electrons. The Bertz CT molecular complexity index is 339. The Labute approximate surface area is 109 Å². The molecule has 0 aliphatic rings. The number of aryl methyl sites for hydroxylation is 1. The molecule has 0 aromatic carbocycles. The Morgan fingerprint density at radius 2 is 2.12 bits per heavy atom. The van der Waals surface area contributed by atoms with Gasteiger partial charge in [-0.2, -0.15) is 0 Å². The minimum Gasteiger partial charge on any atom is -0.478 e. The normalized spacial score (nSPS) is 10.9. The molecular weight excluding hydrogens is 234 g/mol. The van der Waals surface area contributed by atoms with Crippen molar-refractivity contribution in [3.05, 3.63) is 23.4 Å². The van der Waals surface area contributed by atoms with E-state index in [2.05, 4.69) is 31.8 Å². The molecule has 1 heterocycles. The lowest BCUT2D eigenvalue weighted by atomic mass is 10.1. The molecule has 1 aromatic rings. The summed E-state index contributed by atoms with van der Waals surface area (Å²) in [5.74, 6) is 1.88. The van der Waals surface area contributed by atoms with Crippen molar-refractivity contribution < 1.29 is 4.74 Å². The number of hydrogen-bond acceptors (Lipinski definition) is 2. The lowest BCUT2D eigenvalue weighted by Crippen LogP contribution is -2.04. The van der Waals surface area contributed by atoms with Gasteiger partial charge in [-0.05, 0) is 30.4 Å². The third-order valence-corrected chi connectivity index (χ3v) is 2.83. The van der Waals surface area contributed by atoms with E-state index < -0.39 is 0 Å². The predicted molar refractivity (Wildman–Crippen MR) is 72.7 cm³/mol. The fourth-order valence-corrected chi connectivity index (χ4v) is 1.71. The van der Waals surface area contributed by atoms with Gasteiger partial charge in [0, 0.05) is 17.6 Å². The first kappa shape index (κ1) is 14.3. The van der Waals surface area contributed by atoms with Crippen LogP contribution in [0.25, 0.3) is 0 Å². The van der Waals surface area contributed by atoms with E-state index in [4.69, 9.17) is 16.3 Å². The molecule has 17 heavy (non-hydrogen) atoms. The highest BCUT2D eigenvalue weighted by molar-refractivity contribution is 6.17. The molecule has 0 bridgehead atoms. The molecule has 1 aromatic heterocycles. The van der Waals surface area contributed by atoms with Crippen LogP contribution in [0.1, 0.15) is 44.9 Å². The van der Waals surface area contributed by atoms with E-state index in [9.17, 15) is 0 Å². The van der Waals surface area contributed by atoms with Crippen LogP contribution in [0.4, 0.5) is 0 Å². The number of aromatic nitrogens is 1. The first-order valence-electron chi connectivity index (χ1n) is 6.34. The summed E-state index contributed by atoms with van der Waals surface area (Å²) in [4.78, 5) is 4.49. The van der Waals surface area contributed by atoms with E-state index in [-0.39, 0.29) is 0 Å². The Morgan fingerprint density at radius 1 is 1.35 bits per heavy atom. The molecule has 0 aliphatic heterocycles. The summed E-state index contributed by atoms with van der Waals surface area (Å²) in [6.07, 6.45) is 3.12. The van der Waals surface area contributed by atoms with Crippen LogP contribution in [0.5, 0.6) is 5.88 Å². The van der Waals surface area contributed by atoms with Crippen molar-refractivity contribution in [1.29, 1.82) is 0 Å². The molecular formula is C14H22ClNO. The van der Waals surface area contributed by atoms with Gasteiger partial charge in [-0.3, -0.25) is 0 Å². The van der Waals surface area contributed by atoms with Crippen LogP contribution in [-0.4, -0.2) is 11.6 Å². The van der Waals surface area contributed by atoms with Gasteiger partial charge in [0.15, 0.2) is 0 Å². The average molecular weight is 256 g/mol. The summed E-state index contributed by atoms with van der Waals surface area (Å²) < 4.78 is 5.68. The SMILES string of the molecule is CCCc1cc(CCl)cc(OCCC(C)C)n1. The molecule has 0 atom stereocenters. The van der Waals surface area contributed by atoms with Gasteiger partial charge in [0.25, 0.3) is 0 Å². The van der Waals surface area contributed by atoms with Gasteiger partial charge >= 0.3 is 0 Å². The Balaban J connectivity index is 2.66. The van der Waals surface area contributed by atoms with Crippen LogP contribution in [-0.2, 0) is 12.3 Å². The largest absolute Gasteiger partial charge is 0.478 e. The third-order valence-electron chi connectivity index (χ3n) is 2.52. The van der Waals surface area contributed by atoms with Gasteiger partial charge in [0.1, 0.15) is 0 Å². The number of alkyl halides is 1. The number of hydrogen-bond donors (Lipinski definition) is 0. The van der Waals surface area contributed by atoms with E-state index in [1.165, 1.54) is 0 Å². The van der Waals surface area contributed by atoms with Gasteiger partial charge in [0.05, 0.1) is 6.61 Å². The minimum absolute atomic E-state index is 0.514. The van der Waals surface area contributed by atoms with E-state index in [1.807, 2.05) is 6.07 Å². The second-order valence-electron chi connectivity index (χ2n) is 4.72. The first-order valence-corrected chi connectivity index (χ1v) is 6.87. The summed E-state index contributed by atoms with van der Waals surface area (Å²) in [5.41, 5.74) is 2.16. The number of nitrogens with zero attached hydrogens (tertiary/aromatic N) is 1. The minimum atomic E-state index is 0.514. The summed E-state index contributed by atoms with van der Waals surface area (Å²) in [6.45, 7) is 7.25. The van der Waals surface area contributed by atoms with Gasteiger partial charge in [-0.1, -0.05) is 27.2 Å². The maximum absolute atomic E-state index is 5.87. The van der Waals surface area contributed by atoms with Crippen LogP contribution in [0.3, 0.4) is 0 Å². The maximum Gasteiger partial charge on any atom is 0.213 e. The average Bonchev–Trinajstić information content (AvgIpc) is 2.28. The highest BCUT2D eigenvalue weighted by Gasteiger charge is 2.03. The zero-order valence-electron chi connectivity index (χ0n) is 11.0. The van der Waals surface area contributed by atoms with Crippen molar-refractivity contribution in [3.8, 4) is 5.88 Å². The Kier molecular flexibility index (Phi) is 6.35. The quantitative estimate of drug-likeness (QED) is 0.682. The lowest BCUT2D eigenvalue weighted by Gasteiger charge is -2.10. The monoisotopic (exact) mass is 255 g/mol. The maximum atomic E-state index is 5.87. The lowest BCUT2D eigenvalue weighted by molar-refractivity contribution is 0.278.